The first-order valence-electron chi connectivity index (χ1n) is 23.3. The van der Waals surface area contributed by atoms with Gasteiger partial charge in [0.2, 0.25) is 0 Å². The van der Waals surface area contributed by atoms with Crippen molar-refractivity contribution in [3.63, 3.8) is 0 Å². The van der Waals surface area contributed by atoms with Crippen molar-refractivity contribution >= 4 is 311 Å². The summed E-state index contributed by atoms with van der Waals surface area (Å²) in [6.45, 7) is 10.3. The second-order valence-corrected chi connectivity index (χ2v) is 34.0. The lowest BCUT2D eigenvalue weighted by atomic mass is 10.1. The van der Waals surface area contributed by atoms with E-state index >= 15 is 0 Å². The maximum atomic E-state index is 5.41. The molecule has 6 aromatic carbocycles. The Labute approximate surface area is 619 Å². The van der Waals surface area contributed by atoms with Crippen molar-refractivity contribution in [1.82, 2.24) is 0 Å². The van der Waals surface area contributed by atoms with E-state index in [-0.39, 0.29) is 25.8 Å². The highest BCUT2D eigenvalue weighted by molar-refractivity contribution is 9.24. The predicted octanol–water partition coefficient (Wildman–Crippen LogP) is 29.2. The Morgan fingerprint density at radius 1 is 0.342 bits per heavy atom. The molecule has 22 heteroatoms. The second-order valence-electron chi connectivity index (χ2n) is 16.5. The highest BCUT2D eigenvalue weighted by atomic mass is 79.9. The molecule has 0 N–H and O–H groups in total. The van der Waals surface area contributed by atoms with Crippen molar-refractivity contribution in [3.8, 4) is 5.75 Å². The SMILES string of the molecule is CCC.COC(C)c1cc(Br)c(/C=C\c2cc(Br)c(C(Br)Br)cc2Br)cc1Br.COC(C)c1cc(Br)c(/C=C\c2cc(Br)c(CBr)cc2Br)cc1Br.COC(C)c1cc(Br)c(CBr)cc1Br.COc1cc(Br)c(C(Br)Br)cc1Br. The van der Waals surface area contributed by atoms with E-state index < -0.39 is 0 Å². The van der Waals surface area contributed by atoms with Crippen molar-refractivity contribution in [1.29, 1.82) is 0 Å². The van der Waals surface area contributed by atoms with Crippen LogP contribution in [0.3, 0.4) is 0 Å². The monoisotopic (exact) mass is 2220 g/mol. The Bertz CT molecular complexity index is 2980. The Kier molecular flexibility index (Phi) is 40.3. The molecule has 0 heterocycles. The number of hydrogen-bond donors (Lipinski definition) is 0. The van der Waals surface area contributed by atoms with Crippen LogP contribution in [0, 0.1) is 0 Å². The Morgan fingerprint density at radius 3 is 0.899 bits per heavy atom. The average Bonchev–Trinajstić information content (AvgIpc) is 3.41. The lowest BCUT2D eigenvalue weighted by molar-refractivity contribution is 0.119. The lowest BCUT2D eigenvalue weighted by Gasteiger charge is -2.14. The number of methoxy groups -OCH3 is 4. The molecule has 0 fully saturated rings. The first-order chi connectivity index (χ1) is 37.2. The third kappa shape index (κ3) is 25.5. The first-order valence-corrected chi connectivity index (χ1v) is 38.7. The fraction of sp³-hybridized carbons (Fsp3) is 0.298. The zero-order valence-corrected chi connectivity index (χ0v) is 72.2. The number of benzene rings is 6. The number of ether oxygens (including phenoxy) is 4. The third-order valence-corrected chi connectivity index (χ3v) is 22.4. The van der Waals surface area contributed by atoms with Gasteiger partial charge in [-0.1, -0.05) is 315 Å². The summed E-state index contributed by atoms with van der Waals surface area (Å²) in [6.07, 6.45) is 9.78. The molecule has 0 aliphatic carbocycles. The maximum Gasteiger partial charge on any atom is 0.134 e. The van der Waals surface area contributed by atoms with Crippen molar-refractivity contribution in [3.05, 3.63) is 188 Å². The van der Waals surface area contributed by atoms with E-state index in [1.54, 1.807) is 28.4 Å². The van der Waals surface area contributed by atoms with Gasteiger partial charge in [0, 0.05) is 81.2 Å². The van der Waals surface area contributed by atoms with E-state index in [1.165, 1.54) is 17.5 Å². The third-order valence-electron chi connectivity index (χ3n) is 11.0. The van der Waals surface area contributed by atoms with Gasteiger partial charge in [-0.3, -0.25) is 0 Å². The van der Waals surface area contributed by atoms with Gasteiger partial charge in [0.25, 0.3) is 0 Å². The molecule has 6 aromatic rings. The van der Waals surface area contributed by atoms with E-state index in [1.807, 2.05) is 32.9 Å². The van der Waals surface area contributed by atoms with E-state index in [0.717, 1.165) is 120 Å². The van der Waals surface area contributed by atoms with Crippen LogP contribution in [0.15, 0.2) is 126 Å². The molecule has 0 bridgehead atoms. The molecular formula is C57H54Br18O4. The summed E-state index contributed by atoms with van der Waals surface area (Å²) in [5.74, 6) is 0.816. The largest absolute Gasteiger partial charge is 0.496 e. The van der Waals surface area contributed by atoms with Crippen LogP contribution in [0.5, 0.6) is 5.75 Å². The van der Waals surface area contributed by atoms with Crippen LogP contribution in [0.4, 0.5) is 0 Å². The van der Waals surface area contributed by atoms with Gasteiger partial charge in [0.1, 0.15) is 5.75 Å². The molecule has 6 rings (SSSR count). The van der Waals surface area contributed by atoms with E-state index in [0.29, 0.717) is 0 Å². The van der Waals surface area contributed by atoms with Gasteiger partial charge < -0.3 is 18.9 Å². The molecule has 3 atom stereocenters. The molecule has 3 unspecified atom stereocenters. The summed E-state index contributed by atoms with van der Waals surface area (Å²) in [7, 11) is 6.78. The van der Waals surface area contributed by atoms with Gasteiger partial charge in [-0.2, -0.15) is 0 Å². The minimum Gasteiger partial charge on any atom is -0.496 e. The highest BCUT2D eigenvalue weighted by Gasteiger charge is 2.16. The summed E-state index contributed by atoms with van der Waals surface area (Å²) in [5, 5.41) is 1.65. The molecule has 79 heavy (non-hydrogen) atoms. The van der Waals surface area contributed by atoms with E-state index in [4.69, 9.17) is 18.9 Å². The fourth-order valence-electron chi connectivity index (χ4n) is 6.36. The Balaban J connectivity index is 0.000000367. The molecular weight excluding hydrogens is 2190 g/mol. The van der Waals surface area contributed by atoms with Gasteiger partial charge >= 0.3 is 0 Å². The predicted molar refractivity (Wildman–Crippen MR) is 404 cm³/mol. The first kappa shape index (κ1) is 78.2. The van der Waals surface area contributed by atoms with Crippen LogP contribution >= 0.6 is 287 Å². The minimum atomic E-state index is 0.0304. The molecule has 0 aliphatic rings. The molecule has 0 aliphatic heterocycles. The highest BCUT2D eigenvalue weighted by Crippen LogP contribution is 2.42. The number of hydrogen-bond acceptors (Lipinski definition) is 4. The van der Waals surface area contributed by atoms with Crippen molar-refractivity contribution < 1.29 is 18.9 Å². The molecule has 0 aromatic heterocycles. The van der Waals surface area contributed by atoms with Gasteiger partial charge in [0.05, 0.1) is 37.4 Å². The molecule has 0 radical (unpaired) electrons. The van der Waals surface area contributed by atoms with Crippen LogP contribution in [0.2, 0.25) is 0 Å². The number of alkyl halides is 6. The smallest absolute Gasteiger partial charge is 0.134 e. The molecule has 432 valence electrons. The van der Waals surface area contributed by atoms with Crippen LogP contribution in [-0.4, -0.2) is 28.4 Å². The van der Waals surface area contributed by atoms with Crippen molar-refractivity contribution in [2.45, 2.75) is 77.5 Å². The molecule has 4 nitrogen and oxygen atoms in total. The van der Waals surface area contributed by atoms with Crippen LogP contribution in [-0.2, 0) is 24.9 Å². The van der Waals surface area contributed by atoms with Gasteiger partial charge in [-0.05, 0) is 171 Å². The number of rotatable bonds is 15. The molecule has 0 spiro atoms. The van der Waals surface area contributed by atoms with E-state index in [2.05, 4.69) is 386 Å². The van der Waals surface area contributed by atoms with Crippen molar-refractivity contribution in [2.75, 3.05) is 28.4 Å². The second kappa shape index (κ2) is 40.7. The molecule has 0 saturated heterocycles. The van der Waals surface area contributed by atoms with E-state index in [9.17, 15) is 0 Å². The number of halogens is 18. The van der Waals surface area contributed by atoms with Gasteiger partial charge in [-0.25, -0.2) is 0 Å². The summed E-state index contributed by atoms with van der Waals surface area (Å²) in [6, 6.07) is 24.9. The summed E-state index contributed by atoms with van der Waals surface area (Å²) >= 11 is 63.9. The van der Waals surface area contributed by atoms with Crippen molar-refractivity contribution in [2.24, 2.45) is 0 Å². The van der Waals surface area contributed by atoms with Crippen LogP contribution < -0.4 is 4.74 Å². The summed E-state index contributed by atoms with van der Waals surface area (Å²) in [5.41, 5.74) is 12.5. The standard InChI is InChI=1S/C18H14Br6O.C18H15Br5O.C10H11Br3O.C8H6Br4O.C3H8/c1-9(25-2)12-7-14(19)10(5-16(12)21)3-4-11-6-17(22)13(18(23)24)8-15(11)20;1-10(24-2)14-8-17(22)12(6-18(14)23)4-3-11-5-16(21)13(9-19)7-15(11)20;1-6(14-2)8-4-9(12)7(5-11)3-10(8)13;1-13-7-3-5(9)4(8(11)12)2-6(7)10;1-3-2/h3-9,18H,1-2H3;3-8,10H,9H2,1-2H3;3-4,6H,5H2,1-2H3;2-3,8H,1H3;3H2,1-2H3/b2*4-3-;;;. The average molecular weight is 2240 g/mol. The summed E-state index contributed by atoms with van der Waals surface area (Å²) in [4.78, 5) is 0. The topological polar surface area (TPSA) is 36.9 Å². The van der Waals surface area contributed by atoms with Gasteiger partial charge in [0.15, 0.2) is 0 Å². The van der Waals surface area contributed by atoms with Gasteiger partial charge in [-0.15, -0.1) is 0 Å². The normalized spacial score (nSPS) is 12.3. The quantitative estimate of drug-likeness (QED) is 0.0758. The zero-order chi connectivity index (χ0) is 60.0. The minimum absolute atomic E-state index is 0.0304. The fourth-order valence-corrected chi connectivity index (χ4v) is 17.5. The zero-order valence-electron chi connectivity index (χ0n) is 43.7. The maximum absolute atomic E-state index is 5.41. The Hall–Kier alpha value is 3.12. The van der Waals surface area contributed by atoms with Crippen LogP contribution in [0.1, 0.15) is 128 Å². The van der Waals surface area contributed by atoms with Crippen LogP contribution in [0.25, 0.3) is 24.3 Å². The molecule has 0 saturated carbocycles. The summed E-state index contributed by atoms with van der Waals surface area (Å²) < 4.78 is 34.0. The Morgan fingerprint density at radius 2 is 0.582 bits per heavy atom. The molecule has 0 amide bonds. The lowest BCUT2D eigenvalue weighted by Crippen LogP contribution is -1.98.